The Hall–Kier alpha value is -0.810. The van der Waals surface area contributed by atoms with Crippen LogP contribution in [-0.4, -0.2) is 37.0 Å². The van der Waals surface area contributed by atoms with Crippen molar-refractivity contribution < 1.29 is 4.79 Å². The summed E-state index contributed by atoms with van der Waals surface area (Å²) in [5, 5.41) is 6.68. The predicted molar refractivity (Wildman–Crippen MR) is 121 cm³/mol. The van der Waals surface area contributed by atoms with Crippen LogP contribution in [0.2, 0.25) is 0 Å². The van der Waals surface area contributed by atoms with E-state index in [-0.39, 0.29) is 36.6 Å². The van der Waals surface area contributed by atoms with Crippen molar-refractivity contribution in [2.24, 2.45) is 11.3 Å². The second-order valence-corrected chi connectivity index (χ2v) is 8.72. The summed E-state index contributed by atoms with van der Waals surface area (Å²) in [6.07, 6.45) is 10.1. The van der Waals surface area contributed by atoms with E-state index in [0.717, 1.165) is 44.6 Å². The maximum atomic E-state index is 12.8. The molecule has 1 saturated heterocycles. The van der Waals surface area contributed by atoms with Crippen LogP contribution in [0.4, 0.5) is 5.69 Å². The third-order valence-corrected chi connectivity index (χ3v) is 7.00. The van der Waals surface area contributed by atoms with Crippen molar-refractivity contribution in [3.8, 4) is 0 Å². The average molecular weight is 428 g/mol. The first-order chi connectivity index (χ1) is 12.7. The molecule has 3 fully saturated rings. The Balaban J connectivity index is 0.00000140. The number of amides is 1. The summed E-state index contributed by atoms with van der Waals surface area (Å²) in [4.78, 5) is 15.3. The van der Waals surface area contributed by atoms with E-state index < -0.39 is 0 Å². The van der Waals surface area contributed by atoms with E-state index in [1.807, 2.05) is 6.07 Å². The predicted octanol–water partition coefficient (Wildman–Crippen LogP) is 4.62. The second kappa shape index (κ2) is 10.3. The summed E-state index contributed by atoms with van der Waals surface area (Å²) in [6.45, 7) is 3.04. The first-order valence-electron chi connectivity index (χ1n) is 10.5. The molecule has 0 aromatic heterocycles. The molecule has 1 amide bonds. The van der Waals surface area contributed by atoms with Crippen LogP contribution < -0.4 is 10.6 Å². The fourth-order valence-electron chi connectivity index (χ4n) is 5.12. The Labute approximate surface area is 182 Å². The molecule has 2 aliphatic carbocycles. The van der Waals surface area contributed by atoms with E-state index in [1.54, 1.807) is 0 Å². The number of carbonyl (C=O) groups excluding carboxylic acids is 1. The molecule has 0 bridgehead atoms. The minimum atomic E-state index is 0. The standard InChI is InChI=1S/C22H33N3O.2ClH/c1-25(18-8-3-2-4-9-18)16-17-7-5-6-10-20(17)24-21(26)19-15-22(19)11-13-23-14-12-22;;/h5-7,10,18-19,23H,2-4,8-9,11-16H2,1H3,(H,24,26);2*1H. The quantitative estimate of drug-likeness (QED) is 0.719. The Kier molecular flexibility index (Phi) is 8.62. The van der Waals surface area contributed by atoms with Gasteiger partial charge in [0.1, 0.15) is 0 Å². The van der Waals surface area contributed by atoms with E-state index in [1.165, 1.54) is 37.7 Å². The summed E-state index contributed by atoms with van der Waals surface area (Å²) in [7, 11) is 2.24. The van der Waals surface area contributed by atoms with Crippen LogP contribution in [0, 0.1) is 11.3 Å². The number of halogens is 2. The molecule has 4 rings (SSSR count). The molecule has 2 saturated carbocycles. The molecule has 4 nitrogen and oxygen atoms in total. The van der Waals surface area contributed by atoms with E-state index in [4.69, 9.17) is 0 Å². The molecule has 158 valence electrons. The summed E-state index contributed by atoms with van der Waals surface area (Å²) in [6, 6.07) is 9.05. The summed E-state index contributed by atoms with van der Waals surface area (Å²) in [5.74, 6) is 0.452. The fourth-order valence-corrected chi connectivity index (χ4v) is 5.12. The summed E-state index contributed by atoms with van der Waals surface area (Å²) >= 11 is 0. The molecular formula is C22H35Cl2N3O. The third-order valence-electron chi connectivity index (χ3n) is 7.00. The van der Waals surface area contributed by atoms with Gasteiger partial charge in [0.2, 0.25) is 5.91 Å². The van der Waals surface area contributed by atoms with Gasteiger partial charge < -0.3 is 10.6 Å². The number of carbonyl (C=O) groups is 1. The lowest BCUT2D eigenvalue weighted by molar-refractivity contribution is -0.118. The Morgan fingerprint density at radius 3 is 2.54 bits per heavy atom. The van der Waals surface area contributed by atoms with Crippen LogP contribution in [0.15, 0.2) is 24.3 Å². The number of piperidine rings is 1. The highest BCUT2D eigenvalue weighted by Crippen LogP contribution is 2.58. The topological polar surface area (TPSA) is 44.4 Å². The molecule has 2 N–H and O–H groups in total. The molecular weight excluding hydrogens is 393 g/mol. The van der Waals surface area contributed by atoms with Crippen LogP contribution in [0.3, 0.4) is 0 Å². The lowest BCUT2D eigenvalue weighted by Gasteiger charge is -2.31. The highest BCUT2D eigenvalue weighted by molar-refractivity contribution is 5.95. The number of hydrogen-bond donors (Lipinski definition) is 2. The van der Waals surface area contributed by atoms with Gasteiger partial charge in [-0.2, -0.15) is 0 Å². The van der Waals surface area contributed by atoms with Gasteiger partial charge in [0, 0.05) is 24.2 Å². The van der Waals surface area contributed by atoms with Gasteiger partial charge in [0.15, 0.2) is 0 Å². The maximum absolute atomic E-state index is 12.8. The van der Waals surface area contributed by atoms with Crippen LogP contribution in [0.25, 0.3) is 0 Å². The molecule has 1 aliphatic heterocycles. The van der Waals surface area contributed by atoms with Gasteiger partial charge in [0.25, 0.3) is 0 Å². The number of nitrogens with zero attached hydrogens (tertiary/aromatic N) is 1. The number of rotatable bonds is 5. The van der Waals surface area contributed by atoms with Crippen molar-refractivity contribution in [2.75, 3.05) is 25.5 Å². The highest BCUT2D eigenvalue weighted by atomic mass is 35.5. The minimum absolute atomic E-state index is 0. The fraction of sp³-hybridized carbons (Fsp3) is 0.682. The number of benzene rings is 1. The number of para-hydroxylation sites is 1. The van der Waals surface area contributed by atoms with Crippen molar-refractivity contribution in [1.29, 1.82) is 0 Å². The molecule has 6 heteroatoms. The Morgan fingerprint density at radius 2 is 1.82 bits per heavy atom. The first kappa shape index (κ1) is 23.5. The van der Waals surface area contributed by atoms with Crippen LogP contribution in [0.5, 0.6) is 0 Å². The zero-order valence-corrected chi connectivity index (χ0v) is 18.5. The van der Waals surface area contributed by atoms with Crippen molar-refractivity contribution in [3.05, 3.63) is 29.8 Å². The van der Waals surface area contributed by atoms with Gasteiger partial charge in [-0.15, -0.1) is 24.8 Å². The van der Waals surface area contributed by atoms with E-state index in [2.05, 4.69) is 40.8 Å². The summed E-state index contributed by atoms with van der Waals surface area (Å²) in [5.41, 5.74) is 2.55. The van der Waals surface area contributed by atoms with Crippen LogP contribution in [0.1, 0.15) is 56.9 Å². The average Bonchev–Trinajstić information content (AvgIpc) is 3.37. The number of anilines is 1. The smallest absolute Gasteiger partial charge is 0.228 e. The van der Waals surface area contributed by atoms with Gasteiger partial charge in [-0.05, 0) is 69.3 Å². The zero-order valence-electron chi connectivity index (χ0n) is 16.9. The number of nitrogens with one attached hydrogen (secondary N) is 2. The lowest BCUT2D eigenvalue weighted by Crippen LogP contribution is -2.33. The molecule has 3 aliphatic rings. The van der Waals surface area contributed by atoms with E-state index in [9.17, 15) is 4.79 Å². The molecule has 0 radical (unpaired) electrons. The van der Waals surface area contributed by atoms with E-state index in [0.29, 0.717) is 11.5 Å². The van der Waals surface area contributed by atoms with Crippen LogP contribution in [-0.2, 0) is 11.3 Å². The minimum Gasteiger partial charge on any atom is -0.326 e. The van der Waals surface area contributed by atoms with Gasteiger partial charge in [-0.1, -0.05) is 37.5 Å². The van der Waals surface area contributed by atoms with Crippen molar-refractivity contribution in [1.82, 2.24) is 10.2 Å². The largest absolute Gasteiger partial charge is 0.326 e. The Bertz CT molecular complexity index is 642. The van der Waals surface area contributed by atoms with Crippen molar-refractivity contribution in [3.63, 3.8) is 0 Å². The second-order valence-electron chi connectivity index (χ2n) is 8.72. The van der Waals surface area contributed by atoms with Crippen LogP contribution >= 0.6 is 24.8 Å². The molecule has 1 unspecified atom stereocenters. The van der Waals surface area contributed by atoms with Crippen molar-refractivity contribution in [2.45, 2.75) is 64.0 Å². The molecule has 1 aromatic carbocycles. The van der Waals surface area contributed by atoms with Gasteiger partial charge in [0.05, 0.1) is 0 Å². The molecule has 28 heavy (non-hydrogen) atoms. The Morgan fingerprint density at radius 1 is 1.14 bits per heavy atom. The van der Waals surface area contributed by atoms with Gasteiger partial charge in [-0.25, -0.2) is 0 Å². The van der Waals surface area contributed by atoms with Crippen molar-refractivity contribution >= 4 is 36.4 Å². The zero-order chi connectivity index (χ0) is 18.0. The summed E-state index contributed by atoms with van der Waals surface area (Å²) < 4.78 is 0. The highest BCUT2D eigenvalue weighted by Gasteiger charge is 2.57. The third kappa shape index (κ3) is 5.21. The molecule has 1 aromatic rings. The molecule has 1 spiro atoms. The maximum Gasteiger partial charge on any atom is 0.228 e. The normalized spacial score (nSPS) is 23.6. The monoisotopic (exact) mass is 427 g/mol. The SMILES string of the molecule is CN(Cc1ccccc1NC(=O)C1CC12CCNCC2)C1CCCCC1.Cl.Cl. The molecule has 1 atom stereocenters. The molecule has 1 heterocycles. The van der Waals surface area contributed by atoms with E-state index >= 15 is 0 Å². The first-order valence-corrected chi connectivity index (χ1v) is 10.5. The van der Waals surface area contributed by atoms with Gasteiger partial charge >= 0.3 is 0 Å². The lowest BCUT2D eigenvalue weighted by atomic mass is 9.91. The number of hydrogen-bond acceptors (Lipinski definition) is 3. The van der Waals surface area contributed by atoms with Gasteiger partial charge in [-0.3, -0.25) is 9.69 Å².